The lowest BCUT2D eigenvalue weighted by atomic mass is 9.85. The molecule has 1 aliphatic rings. The molecule has 0 N–H and O–H groups in total. The molecule has 2 aromatic rings. The van der Waals surface area contributed by atoms with Crippen LogP contribution in [0.25, 0.3) is 17.0 Å². The molecule has 0 saturated heterocycles. The topological polar surface area (TPSA) is 13.1 Å². The van der Waals surface area contributed by atoms with Crippen LogP contribution in [-0.4, -0.2) is 0 Å². The van der Waals surface area contributed by atoms with Crippen molar-refractivity contribution in [2.45, 2.75) is 39.5 Å². The van der Waals surface area contributed by atoms with Crippen LogP contribution in [0, 0.1) is 5.92 Å². The Bertz CT molecular complexity index is 623. The summed E-state index contributed by atoms with van der Waals surface area (Å²) in [5.41, 5.74) is 3.97. The fraction of sp³-hybridized carbons (Fsp3) is 0.412. The van der Waals surface area contributed by atoms with E-state index in [-0.39, 0.29) is 5.41 Å². The van der Waals surface area contributed by atoms with Crippen molar-refractivity contribution in [3.05, 3.63) is 41.2 Å². The fourth-order valence-electron chi connectivity index (χ4n) is 2.62. The number of fused-ring (bicyclic) bond motifs is 3. The van der Waals surface area contributed by atoms with E-state index in [2.05, 4.69) is 58.0 Å². The standard InChI is InChI=1S/C17H20O/c1-11-5-7-15-13(9-11)14-10-12(17(2,3)4)6-8-16(14)18-15/h5-8,10-11H,9H2,1-4H3. The second-order valence-electron chi connectivity index (χ2n) is 6.45. The zero-order valence-electron chi connectivity index (χ0n) is 11.6. The van der Waals surface area contributed by atoms with E-state index < -0.39 is 0 Å². The molecule has 3 rings (SSSR count). The van der Waals surface area contributed by atoms with Gasteiger partial charge in [-0.2, -0.15) is 0 Å². The van der Waals surface area contributed by atoms with E-state index in [4.69, 9.17) is 4.42 Å². The highest BCUT2D eigenvalue weighted by atomic mass is 16.3. The number of hydrogen-bond acceptors (Lipinski definition) is 1. The van der Waals surface area contributed by atoms with Crippen molar-refractivity contribution < 1.29 is 4.42 Å². The molecule has 1 heterocycles. The first-order valence-electron chi connectivity index (χ1n) is 6.69. The summed E-state index contributed by atoms with van der Waals surface area (Å²) in [5.74, 6) is 1.66. The fourth-order valence-corrected chi connectivity index (χ4v) is 2.62. The molecule has 1 nitrogen and oxygen atoms in total. The van der Waals surface area contributed by atoms with Crippen LogP contribution in [0.15, 0.2) is 28.7 Å². The minimum atomic E-state index is 0.189. The number of rotatable bonds is 0. The van der Waals surface area contributed by atoms with Crippen LogP contribution < -0.4 is 0 Å². The molecule has 0 saturated carbocycles. The lowest BCUT2D eigenvalue weighted by Crippen LogP contribution is -2.10. The third-order valence-electron chi connectivity index (χ3n) is 3.79. The Morgan fingerprint density at radius 3 is 2.72 bits per heavy atom. The highest BCUT2D eigenvalue weighted by Gasteiger charge is 2.20. The molecule has 0 bridgehead atoms. The summed E-state index contributed by atoms with van der Waals surface area (Å²) in [6.45, 7) is 9.02. The third-order valence-corrected chi connectivity index (χ3v) is 3.79. The monoisotopic (exact) mass is 240 g/mol. The van der Waals surface area contributed by atoms with Crippen LogP contribution in [0.3, 0.4) is 0 Å². The summed E-state index contributed by atoms with van der Waals surface area (Å²) in [6, 6.07) is 6.61. The molecule has 0 spiro atoms. The molecule has 18 heavy (non-hydrogen) atoms. The van der Waals surface area contributed by atoms with Gasteiger partial charge < -0.3 is 4.42 Å². The molecular weight excluding hydrogens is 220 g/mol. The molecule has 1 heteroatoms. The van der Waals surface area contributed by atoms with Crippen molar-refractivity contribution in [1.29, 1.82) is 0 Å². The average Bonchev–Trinajstić information content (AvgIpc) is 2.65. The van der Waals surface area contributed by atoms with Crippen LogP contribution in [0.5, 0.6) is 0 Å². The summed E-state index contributed by atoms with van der Waals surface area (Å²) in [7, 11) is 0. The third kappa shape index (κ3) is 1.78. The van der Waals surface area contributed by atoms with Gasteiger partial charge in [0.1, 0.15) is 11.3 Å². The van der Waals surface area contributed by atoms with Crippen LogP contribution in [0.1, 0.15) is 44.6 Å². The molecule has 1 aromatic heterocycles. The van der Waals surface area contributed by atoms with Gasteiger partial charge in [0.05, 0.1) is 0 Å². The molecule has 94 valence electrons. The van der Waals surface area contributed by atoms with Gasteiger partial charge in [-0.3, -0.25) is 0 Å². The predicted molar refractivity (Wildman–Crippen MR) is 76.8 cm³/mol. The van der Waals surface area contributed by atoms with Gasteiger partial charge in [0.15, 0.2) is 0 Å². The summed E-state index contributed by atoms with van der Waals surface area (Å²) in [4.78, 5) is 0. The molecule has 0 amide bonds. The van der Waals surface area contributed by atoms with Gasteiger partial charge in [-0.1, -0.05) is 39.8 Å². The molecule has 0 aliphatic heterocycles. The highest BCUT2D eigenvalue weighted by Crippen LogP contribution is 2.35. The first-order chi connectivity index (χ1) is 8.45. The van der Waals surface area contributed by atoms with Crippen molar-refractivity contribution in [3.63, 3.8) is 0 Å². The molecule has 1 aromatic carbocycles. The van der Waals surface area contributed by atoms with Crippen molar-refractivity contribution in [2.24, 2.45) is 5.92 Å². The van der Waals surface area contributed by atoms with E-state index in [0.29, 0.717) is 5.92 Å². The van der Waals surface area contributed by atoms with E-state index in [0.717, 1.165) is 17.8 Å². The highest BCUT2D eigenvalue weighted by molar-refractivity contribution is 5.86. The number of allylic oxidation sites excluding steroid dienone is 1. The Kier molecular flexibility index (Phi) is 2.41. The summed E-state index contributed by atoms with van der Waals surface area (Å²) in [5, 5.41) is 1.30. The van der Waals surface area contributed by atoms with Gasteiger partial charge in [0.2, 0.25) is 0 Å². The Labute approximate surface area is 108 Å². The van der Waals surface area contributed by atoms with Crippen molar-refractivity contribution in [2.75, 3.05) is 0 Å². The van der Waals surface area contributed by atoms with Crippen molar-refractivity contribution >= 4 is 17.0 Å². The zero-order valence-corrected chi connectivity index (χ0v) is 11.6. The Morgan fingerprint density at radius 1 is 1.22 bits per heavy atom. The van der Waals surface area contributed by atoms with Gasteiger partial charge in [0.25, 0.3) is 0 Å². The smallest absolute Gasteiger partial charge is 0.135 e. The first kappa shape index (κ1) is 11.6. The SMILES string of the molecule is CC1C=Cc2oc3ccc(C(C)(C)C)cc3c2C1. The predicted octanol–water partition coefficient (Wildman–Crippen LogP) is 4.94. The second-order valence-corrected chi connectivity index (χ2v) is 6.45. The van der Waals surface area contributed by atoms with Crippen LogP contribution >= 0.6 is 0 Å². The summed E-state index contributed by atoms with van der Waals surface area (Å²) in [6.07, 6.45) is 5.45. The Balaban J connectivity index is 2.22. The quantitative estimate of drug-likeness (QED) is 0.636. The maximum atomic E-state index is 5.92. The van der Waals surface area contributed by atoms with Crippen LogP contribution in [0.2, 0.25) is 0 Å². The normalized spacial score (nSPS) is 19.2. The van der Waals surface area contributed by atoms with E-state index in [1.807, 2.05) is 0 Å². The molecule has 0 fully saturated rings. The summed E-state index contributed by atoms with van der Waals surface area (Å²) >= 11 is 0. The van der Waals surface area contributed by atoms with Gasteiger partial charge in [-0.15, -0.1) is 0 Å². The maximum Gasteiger partial charge on any atom is 0.135 e. The van der Waals surface area contributed by atoms with Gasteiger partial charge >= 0.3 is 0 Å². The van der Waals surface area contributed by atoms with Crippen molar-refractivity contribution in [1.82, 2.24) is 0 Å². The minimum absolute atomic E-state index is 0.189. The van der Waals surface area contributed by atoms with Crippen LogP contribution in [0.4, 0.5) is 0 Å². The van der Waals surface area contributed by atoms with Crippen molar-refractivity contribution in [3.8, 4) is 0 Å². The molecular formula is C17H20O. The lowest BCUT2D eigenvalue weighted by Gasteiger charge is -2.19. The Morgan fingerprint density at radius 2 is 2.00 bits per heavy atom. The largest absolute Gasteiger partial charge is 0.456 e. The lowest BCUT2D eigenvalue weighted by molar-refractivity contribution is 0.581. The minimum Gasteiger partial charge on any atom is -0.456 e. The van der Waals surface area contributed by atoms with Gasteiger partial charge in [0, 0.05) is 10.9 Å². The summed E-state index contributed by atoms with van der Waals surface area (Å²) < 4.78 is 5.92. The molecule has 1 unspecified atom stereocenters. The first-order valence-corrected chi connectivity index (χ1v) is 6.69. The number of hydrogen-bond donors (Lipinski definition) is 0. The second kappa shape index (κ2) is 3.74. The van der Waals surface area contributed by atoms with E-state index in [9.17, 15) is 0 Å². The Hall–Kier alpha value is -1.50. The molecule has 1 atom stereocenters. The molecule has 1 aliphatic carbocycles. The van der Waals surface area contributed by atoms with Crippen LogP contribution in [-0.2, 0) is 11.8 Å². The average molecular weight is 240 g/mol. The zero-order chi connectivity index (χ0) is 12.9. The van der Waals surface area contributed by atoms with E-state index in [1.54, 1.807) is 0 Å². The van der Waals surface area contributed by atoms with E-state index in [1.165, 1.54) is 16.5 Å². The number of benzene rings is 1. The molecule has 0 radical (unpaired) electrons. The van der Waals surface area contributed by atoms with E-state index >= 15 is 0 Å². The number of furan rings is 1. The van der Waals surface area contributed by atoms with Gasteiger partial charge in [-0.05, 0) is 41.5 Å². The maximum absolute atomic E-state index is 5.92. The van der Waals surface area contributed by atoms with Gasteiger partial charge in [-0.25, -0.2) is 0 Å².